The Hall–Kier alpha value is -3.27. The van der Waals surface area contributed by atoms with Crippen molar-refractivity contribution in [3.8, 4) is 11.1 Å². The van der Waals surface area contributed by atoms with E-state index in [1.165, 1.54) is 12.4 Å². The van der Waals surface area contributed by atoms with Crippen LogP contribution in [0.5, 0.6) is 0 Å². The quantitative estimate of drug-likeness (QED) is 0.162. The molecule has 7 N–H and O–H groups in total. The lowest BCUT2D eigenvalue weighted by atomic mass is 10.0. The molecule has 0 radical (unpaired) electrons. The van der Waals surface area contributed by atoms with Gasteiger partial charge in [-0.05, 0) is 61.7 Å². The van der Waals surface area contributed by atoms with Gasteiger partial charge in [0, 0.05) is 17.7 Å². The number of hydroxylamine groups is 1. The maximum atomic E-state index is 12.4. The summed E-state index contributed by atoms with van der Waals surface area (Å²) in [6.07, 6.45) is 2.85. The van der Waals surface area contributed by atoms with Gasteiger partial charge >= 0.3 is 0 Å². The Labute approximate surface area is 193 Å². The number of hydrogen-bond donors (Lipinski definition) is 6. The SMILES string of the molecule is C[C@@H](O)[C@H](NC(=O)c1ccc(-c2ccc(C(=O)NCCCCCCN)cc2)cc1)C(=O)NO. The van der Waals surface area contributed by atoms with Gasteiger partial charge in [-0.2, -0.15) is 0 Å². The van der Waals surface area contributed by atoms with E-state index in [4.69, 9.17) is 10.9 Å². The highest BCUT2D eigenvalue weighted by Gasteiger charge is 2.25. The number of nitrogens with two attached hydrogens (primary N) is 1. The predicted molar refractivity (Wildman–Crippen MR) is 125 cm³/mol. The third-order valence-corrected chi connectivity index (χ3v) is 5.21. The number of aliphatic hydroxyl groups is 1. The highest BCUT2D eigenvalue weighted by molar-refractivity contribution is 5.98. The van der Waals surface area contributed by atoms with Gasteiger partial charge in [-0.3, -0.25) is 19.6 Å². The van der Waals surface area contributed by atoms with Crippen LogP contribution < -0.4 is 21.8 Å². The van der Waals surface area contributed by atoms with Gasteiger partial charge in [-0.15, -0.1) is 0 Å². The highest BCUT2D eigenvalue weighted by atomic mass is 16.5. The minimum atomic E-state index is -1.29. The molecule has 2 atom stereocenters. The Morgan fingerprint density at radius 1 is 0.848 bits per heavy atom. The van der Waals surface area contributed by atoms with Crippen molar-refractivity contribution < 1.29 is 24.7 Å². The summed E-state index contributed by atoms with van der Waals surface area (Å²) in [5.74, 6) is -1.59. The van der Waals surface area contributed by atoms with Crippen molar-refractivity contribution >= 4 is 17.7 Å². The summed E-state index contributed by atoms with van der Waals surface area (Å²) in [6.45, 7) is 2.66. The number of carbonyl (C=O) groups excluding carboxylic acids is 3. The summed E-state index contributed by atoms with van der Waals surface area (Å²) < 4.78 is 0. The molecule has 0 saturated heterocycles. The normalized spacial score (nSPS) is 12.5. The third kappa shape index (κ3) is 7.98. The Kier molecular flexibility index (Phi) is 10.5. The first-order valence-electron chi connectivity index (χ1n) is 11.0. The molecule has 33 heavy (non-hydrogen) atoms. The Bertz CT molecular complexity index is 913. The summed E-state index contributed by atoms with van der Waals surface area (Å²) in [4.78, 5) is 36.2. The molecule has 3 amide bonds. The Balaban J connectivity index is 1.94. The first-order valence-corrected chi connectivity index (χ1v) is 11.0. The average molecular weight is 457 g/mol. The Morgan fingerprint density at radius 3 is 1.85 bits per heavy atom. The molecular weight excluding hydrogens is 424 g/mol. The number of rotatable bonds is 12. The number of hydrogen-bond acceptors (Lipinski definition) is 6. The fraction of sp³-hybridized carbons (Fsp3) is 0.375. The molecule has 0 saturated carbocycles. The van der Waals surface area contributed by atoms with E-state index >= 15 is 0 Å². The van der Waals surface area contributed by atoms with Crippen LogP contribution >= 0.6 is 0 Å². The number of unbranched alkanes of at least 4 members (excludes halogenated alkanes) is 3. The summed E-state index contributed by atoms with van der Waals surface area (Å²) >= 11 is 0. The molecule has 2 aromatic carbocycles. The van der Waals surface area contributed by atoms with Crippen LogP contribution in [0.4, 0.5) is 0 Å². The van der Waals surface area contributed by atoms with Crippen molar-refractivity contribution in [2.45, 2.75) is 44.8 Å². The molecule has 0 spiro atoms. The van der Waals surface area contributed by atoms with Crippen molar-refractivity contribution in [3.05, 3.63) is 59.7 Å². The molecule has 0 aliphatic rings. The highest BCUT2D eigenvalue weighted by Crippen LogP contribution is 2.20. The van der Waals surface area contributed by atoms with Crippen molar-refractivity contribution in [1.29, 1.82) is 0 Å². The van der Waals surface area contributed by atoms with Crippen LogP contribution in [0.3, 0.4) is 0 Å². The maximum absolute atomic E-state index is 12.4. The van der Waals surface area contributed by atoms with Crippen LogP contribution in [-0.4, -0.2) is 53.3 Å². The minimum absolute atomic E-state index is 0.119. The van der Waals surface area contributed by atoms with Gasteiger partial charge in [0.05, 0.1) is 6.10 Å². The van der Waals surface area contributed by atoms with Crippen LogP contribution in [0.1, 0.15) is 53.3 Å². The van der Waals surface area contributed by atoms with Gasteiger partial charge < -0.3 is 21.5 Å². The van der Waals surface area contributed by atoms with Crippen molar-refractivity contribution in [3.63, 3.8) is 0 Å². The summed E-state index contributed by atoms with van der Waals surface area (Å²) in [6, 6.07) is 12.6. The molecular formula is C24H32N4O5. The smallest absolute Gasteiger partial charge is 0.268 e. The number of amides is 3. The Morgan fingerprint density at radius 2 is 1.36 bits per heavy atom. The molecule has 2 aromatic rings. The van der Waals surface area contributed by atoms with Crippen LogP contribution in [0.2, 0.25) is 0 Å². The first-order chi connectivity index (χ1) is 15.9. The predicted octanol–water partition coefficient (Wildman–Crippen LogP) is 1.59. The summed E-state index contributed by atoms with van der Waals surface area (Å²) in [5.41, 5.74) is 9.47. The van der Waals surface area contributed by atoms with E-state index in [0.717, 1.165) is 36.8 Å². The second kappa shape index (κ2) is 13.3. The largest absolute Gasteiger partial charge is 0.391 e. The van der Waals surface area contributed by atoms with Crippen LogP contribution in [0.25, 0.3) is 11.1 Å². The van der Waals surface area contributed by atoms with E-state index in [0.29, 0.717) is 18.7 Å². The molecule has 2 rings (SSSR count). The lowest BCUT2D eigenvalue weighted by Gasteiger charge is -2.19. The fourth-order valence-electron chi connectivity index (χ4n) is 3.25. The van der Waals surface area contributed by atoms with E-state index < -0.39 is 24.0 Å². The molecule has 0 unspecified atom stereocenters. The minimum Gasteiger partial charge on any atom is -0.391 e. The zero-order chi connectivity index (χ0) is 24.2. The van der Waals surface area contributed by atoms with E-state index in [2.05, 4.69) is 10.6 Å². The number of carbonyl (C=O) groups is 3. The lowest BCUT2D eigenvalue weighted by Crippen LogP contribution is -2.51. The summed E-state index contributed by atoms with van der Waals surface area (Å²) in [7, 11) is 0. The van der Waals surface area contributed by atoms with Gasteiger partial charge in [0.2, 0.25) is 0 Å². The van der Waals surface area contributed by atoms with E-state index in [-0.39, 0.29) is 11.5 Å². The van der Waals surface area contributed by atoms with Crippen LogP contribution in [0, 0.1) is 0 Å². The molecule has 9 nitrogen and oxygen atoms in total. The zero-order valence-corrected chi connectivity index (χ0v) is 18.7. The van der Waals surface area contributed by atoms with Gasteiger partial charge in [0.25, 0.3) is 17.7 Å². The van der Waals surface area contributed by atoms with Crippen LogP contribution in [-0.2, 0) is 4.79 Å². The molecule has 0 aliphatic heterocycles. The van der Waals surface area contributed by atoms with Crippen molar-refractivity contribution in [2.24, 2.45) is 5.73 Å². The fourth-order valence-corrected chi connectivity index (χ4v) is 3.25. The second-order valence-electron chi connectivity index (χ2n) is 7.78. The molecule has 0 aliphatic carbocycles. The molecule has 0 heterocycles. The number of nitrogens with one attached hydrogen (secondary N) is 3. The van der Waals surface area contributed by atoms with Gasteiger partial charge in [-0.1, -0.05) is 37.1 Å². The molecule has 178 valence electrons. The first kappa shape index (κ1) is 26.0. The van der Waals surface area contributed by atoms with E-state index in [1.54, 1.807) is 36.4 Å². The molecule has 0 aromatic heterocycles. The summed E-state index contributed by atoms with van der Waals surface area (Å²) in [5, 5.41) is 23.7. The monoisotopic (exact) mass is 456 g/mol. The van der Waals surface area contributed by atoms with Crippen molar-refractivity contribution in [1.82, 2.24) is 16.1 Å². The number of benzene rings is 2. The zero-order valence-electron chi connectivity index (χ0n) is 18.7. The topological polar surface area (TPSA) is 154 Å². The lowest BCUT2D eigenvalue weighted by molar-refractivity contribution is -0.133. The second-order valence-corrected chi connectivity index (χ2v) is 7.78. The third-order valence-electron chi connectivity index (χ3n) is 5.21. The van der Waals surface area contributed by atoms with Crippen molar-refractivity contribution in [2.75, 3.05) is 13.1 Å². The average Bonchev–Trinajstić information content (AvgIpc) is 2.84. The number of aliphatic hydroxyl groups excluding tert-OH is 1. The standard InChI is InChI=1S/C24H32N4O5/c1-16(29)21(24(32)28-33)27-23(31)20-12-8-18(9-13-20)17-6-10-19(11-7-17)22(30)26-15-5-3-2-4-14-25/h6-13,16,21,29,33H,2-5,14-15,25H2,1H3,(H,26,30)(H,27,31)(H,28,32)/t16-,21+/m1/s1. The molecule has 0 bridgehead atoms. The van der Waals surface area contributed by atoms with Gasteiger partial charge in [-0.25, -0.2) is 5.48 Å². The maximum Gasteiger partial charge on any atom is 0.268 e. The van der Waals surface area contributed by atoms with Gasteiger partial charge in [0.1, 0.15) is 6.04 Å². The van der Waals surface area contributed by atoms with E-state index in [1.807, 2.05) is 12.1 Å². The molecule has 0 fully saturated rings. The van der Waals surface area contributed by atoms with Gasteiger partial charge in [0.15, 0.2) is 0 Å². The molecule has 9 heteroatoms. The van der Waals surface area contributed by atoms with E-state index in [9.17, 15) is 19.5 Å². The van der Waals surface area contributed by atoms with Crippen LogP contribution in [0.15, 0.2) is 48.5 Å².